The molecule has 1 aromatic carbocycles. The minimum absolute atomic E-state index is 0.0743. The Balaban J connectivity index is 2.51. The minimum Gasteiger partial charge on any atom is -0.481 e. The number of methoxy groups -OCH3 is 1. The molecule has 0 fully saturated rings. The Morgan fingerprint density at radius 1 is 1.30 bits per heavy atom. The Morgan fingerprint density at radius 2 is 1.95 bits per heavy atom. The van der Waals surface area contributed by atoms with Gasteiger partial charge in [0.2, 0.25) is 0 Å². The van der Waals surface area contributed by atoms with Crippen LogP contribution in [0, 0.1) is 5.41 Å². The first-order valence-corrected chi connectivity index (χ1v) is 6.93. The van der Waals surface area contributed by atoms with Crippen LogP contribution in [0.5, 0.6) is 0 Å². The predicted molar refractivity (Wildman–Crippen MR) is 79.8 cm³/mol. The van der Waals surface area contributed by atoms with Crippen molar-refractivity contribution in [3.8, 4) is 0 Å². The second-order valence-electron chi connectivity index (χ2n) is 5.85. The molecule has 4 nitrogen and oxygen atoms in total. The first-order valence-electron chi connectivity index (χ1n) is 6.93. The van der Waals surface area contributed by atoms with Crippen molar-refractivity contribution in [2.24, 2.45) is 5.41 Å². The Hall–Kier alpha value is -1.39. The summed E-state index contributed by atoms with van der Waals surface area (Å²) in [6.45, 7) is 6.71. The molecule has 0 amide bonds. The van der Waals surface area contributed by atoms with E-state index in [1.807, 2.05) is 24.3 Å². The quantitative estimate of drug-likeness (QED) is 0.729. The van der Waals surface area contributed by atoms with Crippen molar-refractivity contribution in [3.63, 3.8) is 0 Å². The number of rotatable bonds is 9. The zero-order valence-electron chi connectivity index (χ0n) is 12.6. The molecule has 0 aliphatic carbocycles. The fourth-order valence-electron chi connectivity index (χ4n) is 2.07. The molecule has 0 aliphatic rings. The zero-order valence-corrected chi connectivity index (χ0v) is 12.6. The van der Waals surface area contributed by atoms with Crippen LogP contribution in [0.15, 0.2) is 24.3 Å². The van der Waals surface area contributed by atoms with E-state index in [0.29, 0.717) is 6.54 Å². The van der Waals surface area contributed by atoms with Gasteiger partial charge in [0.1, 0.15) is 0 Å². The smallest absolute Gasteiger partial charge is 0.307 e. The number of ether oxygens (including phenoxy) is 1. The van der Waals surface area contributed by atoms with E-state index in [1.54, 1.807) is 7.11 Å². The first-order chi connectivity index (χ1) is 9.44. The van der Waals surface area contributed by atoms with Crippen molar-refractivity contribution in [2.75, 3.05) is 20.3 Å². The zero-order chi connectivity index (χ0) is 15.0. The Kier molecular flexibility index (Phi) is 6.68. The van der Waals surface area contributed by atoms with E-state index < -0.39 is 5.97 Å². The van der Waals surface area contributed by atoms with Gasteiger partial charge in [-0.3, -0.25) is 4.79 Å². The van der Waals surface area contributed by atoms with Crippen LogP contribution in [0.3, 0.4) is 0 Å². The van der Waals surface area contributed by atoms with Crippen LogP contribution in [0.4, 0.5) is 0 Å². The van der Waals surface area contributed by atoms with Gasteiger partial charge in [0.15, 0.2) is 0 Å². The monoisotopic (exact) mass is 279 g/mol. The maximum Gasteiger partial charge on any atom is 0.307 e. The molecule has 2 N–H and O–H groups in total. The van der Waals surface area contributed by atoms with Gasteiger partial charge < -0.3 is 15.2 Å². The summed E-state index contributed by atoms with van der Waals surface area (Å²) < 4.78 is 5.11. The van der Waals surface area contributed by atoms with Crippen molar-refractivity contribution >= 4 is 5.97 Å². The van der Waals surface area contributed by atoms with Crippen molar-refractivity contribution in [1.29, 1.82) is 0 Å². The molecule has 0 unspecified atom stereocenters. The van der Waals surface area contributed by atoms with Gasteiger partial charge >= 0.3 is 5.97 Å². The number of carbonyl (C=O) groups is 1. The van der Waals surface area contributed by atoms with E-state index in [-0.39, 0.29) is 11.8 Å². The van der Waals surface area contributed by atoms with Gasteiger partial charge in [0.05, 0.1) is 6.42 Å². The minimum atomic E-state index is -0.794. The molecule has 1 aromatic rings. The van der Waals surface area contributed by atoms with Crippen LogP contribution in [0.2, 0.25) is 0 Å². The van der Waals surface area contributed by atoms with Crippen molar-refractivity contribution in [2.45, 2.75) is 33.2 Å². The van der Waals surface area contributed by atoms with Gasteiger partial charge in [-0.25, -0.2) is 0 Å². The summed E-state index contributed by atoms with van der Waals surface area (Å²) in [4.78, 5) is 10.8. The van der Waals surface area contributed by atoms with Gasteiger partial charge in [0.25, 0.3) is 0 Å². The molecule has 0 heterocycles. The van der Waals surface area contributed by atoms with Gasteiger partial charge in [-0.1, -0.05) is 38.1 Å². The molecule has 112 valence electrons. The van der Waals surface area contributed by atoms with Crippen LogP contribution in [-0.2, 0) is 22.5 Å². The molecule has 0 aromatic heterocycles. The van der Waals surface area contributed by atoms with Crippen LogP contribution in [0.25, 0.3) is 0 Å². The molecule has 4 heteroatoms. The van der Waals surface area contributed by atoms with Gasteiger partial charge in [-0.15, -0.1) is 0 Å². The second-order valence-corrected chi connectivity index (χ2v) is 5.85. The second kappa shape index (κ2) is 8.02. The average molecular weight is 279 g/mol. The maximum absolute atomic E-state index is 10.8. The molecule has 0 radical (unpaired) electrons. The van der Waals surface area contributed by atoms with Crippen LogP contribution in [-0.4, -0.2) is 31.3 Å². The van der Waals surface area contributed by atoms with E-state index >= 15 is 0 Å². The van der Waals surface area contributed by atoms with E-state index in [2.05, 4.69) is 19.2 Å². The average Bonchev–Trinajstić information content (AvgIpc) is 2.38. The third-order valence-corrected chi connectivity index (χ3v) is 3.36. The number of carboxylic acids is 1. The normalized spacial score (nSPS) is 11.6. The van der Waals surface area contributed by atoms with Crippen LogP contribution in [0.1, 0.15) is 31.4 Å². The lowest BCUT2D eigenvalue weighted by Crippen LogP contribution is -2.30. The van der Waals surface area contributed by atoms with Crippen molar-refractivity contribution in [3.05, 3.63) is 35.4 Å². The Bertz CT molecular complexity index is 429. The van der Waals surface area contributed by atoms with E-state index in [1.165, 1.54) is 0 Å². The van der Waals surface area contributed by atoms with E-state index in [9.17, 15) is 4.79 Å². The number of benzene rings is 1. The summed E-state index contributed by atoms with van der Waals surface area (Å²) in [6, 6.07) is 7.68. The van der Waals surface area contributed by atoms with Gasteiger partial charge in [0, 0.05) is 26.8 Å². The molecular formula is C16H25NO3. The highest BCUT2D eigenvalue weighted by Crippen LogP contribution is 2.19. The molecule has 0 atom stereocenters. The van der Waals surface area contributed by atoms with Crippen molar-refractivity contribution in [1.82, 2.24) is 5.32 Å². The highest BCUT2D eigenvalue weighted by Gasteiger charge is 2.17. The highest BCUT2D eigenvalue weighted by atomic mass is 16.5. The molecule has 0 saturated carbocycles. The molecule has 0 bridgehead atoms. The Labute approximate surface area is 121 Å². The largest absolute Gasteiger partial charge is 0.481 e. The topological polar surface area (TPSA) is 58.6 Å². The molecule has 0 aliphatic heterocycles. The summed E-state index contributed by atoms with van der Waals surface area (Å²) in [5, 5.41) is 12.3. The third-order valence-electron chi connectivity index (χ3n) is 3.36. The summed E-state index contributed by atoms with van der Waals surface area (Å²) in [5.41, 5.74) is 2.09. The highest BCUT2D eigenvalue weighted by molar-refractivity contribution is 5.70. The summed E-state index contributed by atoms with van der Waals surface area (Å²) in [7, 11) is 1.71. The molecule has 1 rings (SSSR count). The molecule has 20 heavy (non-hydrogen) atoms. The Morgan fingerprint density at radius 3 is 2.55 bits per heavy atom. The lowest BCUT2D eigenvalue weighted by molar-refractivity contribution is -0.136. The van der Waals surface area contributed by atoms with Gasteiger partial charge in [-0.05, 0) is 23.0 Å². The summed E-state index contributed by atoms with van der Waals surface area (Å²) in [5.74, 6) is -0.794. The number of carboxylic acid groups (broad SMARTS) is 1. The third kappa shape index (κ3) is 6.17. The fraction of sp³-hybridized carbons (Fsp3) is 0.562. The predicted octanol–water partition coefficient (Wildman–Crippen LogP) is 2.47. The first kappa shape index (κ1) is 16.7. The number of aliphatic carboxylic acids is 1. The fourth-order valence-corrected chi connectivity index (χ4v) is 2.07. The lowest BCUT2D eigenvalue weighted by atomic mass is 9.89. The number of nitrogens with one attached hydrogen (secondary N) is 1. The SMILES string of the molecule is COCCC(C)(C)CNCc1ccccc1CC(=O)O. The van der Waals surface area contributed by atoms with Crippen molar-refractivity contribution < 1.29 is 14.6 Å². The number of hydrogen-bond donors (Lipinski definition) is 2. The summed E-state index contributed by atoms with van der Waals surface area (Å²) in [6.07, 6.45) is 1.07. The lowest BCUT2D eigenvalue weighted by Gasteiger charge is -2.25. The van der Waals surface area contributed by atoms with Gasteiger partial charge in [-0.2, -0.15) is 0 Å². The van der Waals surface area contributed by atoms with Crippen LogP contribution >= 0.6 is 0 Å². The standard InChI is InChI=1S/C16H25NO3/c1-16(2,8-9-20-3)12-17-11-14-7-5-4-6-13(14)10-15(18)19/h4-7,17H,8-12H2,1-3H3,(H,18,19). The van der Waals surface area contributed by atoms with E-state index in [0.717, 1.165) is 30.7 Å². The molecule has 0 saturated heterocycles. The summed E-state index contributed by atoms with van der Waals surface area (Å²) >= 11 is 0. The van der Waals surface area contributed by atoms with E-state index in [4.69, 9.17) is 9.84 Å². The number of hydrogen-bond acceptors (Lipinski definition) is 3. The maximum atomic E-state index is 10.8. The molecular weight excluding hydrogens is 254 g/mol. The molecule has 0 spiro atoms. The van der Waals surface area contributed by atoms with Crippen LogP contribution < -0.4 is 5.32 Å².